The number of anilines is 1. The number of rotatable bonds is 8. The van der Waals surface area contributed by atoms with E-state index in [1.807, 2.05) is 35.2 Å². The van der Waals surface area contributed by atoms with E-state index in [0.29, 0.717) is 6.54 Å². The Morgan fingerprint density at radius 2 is 1.86 bits per heavy atom. The zero-order valence-corrected chi connectivity index (χ0v) is 16.8. The Labute approximate surface area is 167 Å². The van der Waals surface area contributed by atoms with Crippen molar-refractivity contribution in [2.45, 2.75) is 39.8 Å². The fraction of sp³-hybridized carbons (Fsp3) is 0.292. The van der Waals surface area contributed by atoms with Gasteiger partial charge in [0.25, 0.3) is 0 Å². The molecule has 3 rings (SSSR count). The van der Waals surface area contributed by atoms with Gasteiger partial charge >= 0.3 is 6.03 Å². The van der Waals surface area contributed by atoms with Crippen molar-refractivity contribution in [1.82, 2.24) is 9.47 Å². The number of amides is 2. The maximum absolute atomic E-state index is 12.9. The van der Waals surface area contributed by atoms with Crippen molar-refractivity contribution in [2.75, 3.05) is 11.9 Å². The Kier molecular flexibility index (Phi) is 6.90. The molecule has 0 bridgehead atoms. The summed E-state index contributed by atoms with van der Waals surface area (Å²) in [7, 11) is 0. The average Bonchev–Trinajstić information content (AvgIpc) is 3.12. The van der Waals surface area contributed by atoms with Crippen molar-refractivity contribution in [3.05, 3.63) is 89.7 Å². The van der Waals surface area contributed by atoms with Gasteiger partial charge in [-0.15, -0.1) is 0 Å². The molecule has 0 fully saturated rings. The second kappa shape index (κ2) is 9.79. The van der Waals surface area contributed by atoms with E-state index >= 15 is 0 Å². The number of nitrogens with one attached hydrogen (secondary N) is 1. The Bertz CT molecular complexity index is 886. The zero-order chi connectivity index (χ0) is 19.8. The number of benzene rings is 2. The van der Waals surface area contributed by atoms with Gasteiger partial charge in [0.15, 0.2) is 0 Å². The standard InChI is InChI=1S/C24H29N3O/c1-3-4-15-27(24(28)25-22-12-6-5-7-13-22)19-23-14-9-16-26(23)18-21-11-8-10-20(2)17-21/h5-14,16-17H,3-4,15,18-19H2,1-2H3,(H,25,28). The number of aromatic nitrogens is 1. The minimum Gasteiger partial charge on any atom is -0.345 e. The number of hydrogen-bond acceptors (Lipinski definition) is 1. The molecule has 0 atom stereocenters. The highest BCUT2D eigenvalue weighted by molar-refractivity contribution is 5.89. The molecule has 0 aliphatic rings. The maximum Gasteiger partial charge on any atom is 0.322 e. The van der Waals surface area contributed by atoms with Crippen LogP contribution in [0.15, 0.2) is 72.9 Å². The molecule has 0 spiro atoms. The summed E-state index contributed by atoms with van der Waals surface area (Å²) >= 11 is 0. The van der Waals surface area contributed by atoms with E-state index in [-0.39, 0.29) is 6.03 Å². The summed E-state index contributed by atoms with van der Waals surface area (Å²) in [4.78, 5) is 14.8. The second-order valence-corrected chi connectivity index (χ2v) is 7.19. The first-order valence-electron chi connectivity index (χ1n) is 9.96. The molecule has 0 saturated heterocycles. The van der Waals surface area contributed by atoms with E-state index in [1.165, 1.54) is 11.1 Å². The third-order valence-electron chi connectivity index (χ3n) is 4.81. The van der Waals surface area contributed by atoms with Gasteiger partial charge < -0.3 is 14.8 Å². The molecule has 0 radical (unpaired) electrons. The van der Waals surface area contributed by atoms with Gasteiger partial charge in [-0.3, -0.25) is 0 Å². The molecule has 0 aliphatic carbocycles. The molecular weight excluding hydrogens is 346 g/mol. The van der Waals surface area contributed by atoms with Crippen LogP contribution in [0.25, 0.3) is 0 Å². The zero-order valence-electron chi connectivity index (χ0n) is 16.8. The summed E-state index contributed by atoms with van der Waals surface area (Å²) in [6.45, 7) is 6.41. The quantitative estimate of drug-likeness (QED) is 0.540. The number of unbranched alkanes of at least 4 members (excludes halogenated alkanes) is 1. The van der Waals surface area contributed by atoms with Crippen molar-refractivity contribution in [1.29, 1.82) is 0 Å². The van der Waals surface area contributed by atoms with Crippen LogP contribution in [-0.2, 0) is 13.1 Å². The van der Waals surface area contributed by atoms with Gasteiger partial charge in [-0.2, -0.15) is 0 Å². The van der Waals surface area contributed by atoms with Crippen LogP contribution in [0.5, 0.6) is 0 Å². The molecule has 1 aromatic heterocycles. The highest BCUT2D eigenvalue weighted by Crippen LogP contribution is 2.14. The molecule has 1 heterocycles. The monoisotopic (exact) mass is 375 g/mol. The SMILES string of the molecule is CCCCN(Cc1cccn1Cc1cccc(C)c1)C(=O)Nc1ccccc1. The number of carbonyl (C=O) groups excluding carboxylic acids is 1. The van der Waals surface area contributed by atoms with Crippen LogP contribution in [-0.4, -0.2) is 22.0 Å². The number of carbonyl (C=O) groups is 1. The number of nitrogens with zero attached hydrogens (tertiary/aromatic N) is 2. The fourth-order valence-electron chi connectivity index (χ4n) is 3.28. The van der Waals surface area contributed by atoms with E-state index in [9.17, 15) is 4.79 Å². The van der Waals surface area contributed by atoms with Gasteiger partial charge in [-0.1, -0.05) is 61.4 Å². The maximum atomic E-state index is 12.9. The van der Waals surface area contributed by atoms with Crippen molar-refractivity contribution in [3.8, 4) is 0 Å². The predicted molar refractivity (Wildman–Crippen MR) is 115 cm³/mol. The van der Waals surface area contributed by atoms with Gasteiger partial charge in [0.1, 0.15) is 0 Å². The first kappa shape index (κ1) is 19.7. The number of para-hydroxylation sites is 1. The molecule has 0 saturated carbocycles. The van der Waals surface area contributed by atoms with Crippen molar-refractivity contribution >= 4 is 11.7 Å². The Balaban J connectivity index is 1.72. The molecule has 3 aromatic rings. The Morgan fingerprint density at radius 3 is 2.61 bits per heavy atom. The topological polar surface area (TPSA) is 37.3 Å². The van der Waals surface area contributed by atoms with Crippen LogP contribution >= 0.6 is 0 Å². The molecular formula is C24H29N3O. The third-order valence-corrected chi connectivity index (χ3v) is 4.81. The fourth-order valence-corrected chi connectivity index (χ4v) is 3.28. The van der Waals surface area contributed by atoms with Gasteiger partial charge in [0, 0.05) is 30.7 Å². The molecule has 28 heavy (non-hydrogen) atoms. The van der Waals surface area contributed by atoms with Crippen LogP contribution in [0.3, 0.4) is 0 Å². The summed E-state index contributed by atoms with van der Waals surface area (Å²) < 4.78 is 2.23. The van der Waals surface area contributed by atoms with E-state index in [2.05, 4.69) is 66.3 Å². The van der Waals surface area contributed by atoms with Crippen LogP contribution in [0.1, 0.15) is 36.6 Å². The highest BCUT2D eigenvalue weighted by Gasteiger charge is 2.15. The smallest absolute Gasteiger partial charge is 0.322 e. The van der Waals surface area contributed by atoms with Crippen LogP contribution < -0.4 is 5.32 Å². The van der Waals surface area contributed by atoms with Crippen molar-refractivity contribution in [3.63, 3.8) is 0 Å². The van der Waals surface area contributed by atoms with E-state index < -0.39 is 0 Å². The summed E-state index contributed by atoms with van der Waals surface area (Å²) in [5, 5.41) is 3.02. The molecule has 2 aromatic carbocycles. The first-order chi connectivity index (χ1) is 13.7. The van der Waals surface area contributed by atoms with Crippen LogP contribution in [0, 0.1) is 6.92 Å². The molecule has 4 heteroatoms. The van der Waals surface area contributed by atoms with Crippen molar-refractivity contribution < 1.29 is 4.79 Å². The summed E-state index contributed by atoms with van der Waals surface area (Å²) in [5.41, 5.74) is 4.49. The summed E-state index contributed by atoms with van der Waals surface area (Å²) in [6.07, 6.45) is 4.13. The lowest BCUT2D eigenvalue weighted by Gasteiger charge is -2.24. The summed E-state index contributed by atoms with van der Waals surface area (Å²) in [6, 6.07) is 22.3. The van der Waals surface area contributed by atoms with Gasteiger partial charge in [0.2, 0.25) is 0 Å². The molecule has 2 amide bonds. The number of hydrogen-bond donors (Lipinski definition) is 1. The Hall–Kier alpha value is -3.01. The number of urea groups is 1. The van der Waals surface area contributed by atoms with E-state index in [4.69, 9.17) is 0 Å². The average molecular weight is 376 g/mol. The van der Waals surface area contributed by atoms with Gasteiger partial charge in [-0.05, 0) is 43.2 Å². The predicted octanol–water partition coefficient (Wildman–Crippen LogP) is 5.68. The first-order valence-corrected chi connectivity index (χ1v) is 9.96. The minimum absolute atomic E-state index is 0.0528. The molecule has 4 nitrogen and oxygen atoms in total. The molecule has 1 N–H and O–H groups in total. The van der Waals surface area contributed by atoms with Gasteiger partial charge in [0.05, 0.1) is 6.54 Å². The van der Waals surface area contributed by atoms with Crippen molar-refractivity contribution in [2.24, 2.45) is 0 Å². The second-order valence-electron chi connectivity index (χ2n) is 7.19. The van der Waals surface area contributed by atoms with Gasteiger partial charge in [-0.25, -0.2) is 4.79 Å². The summed E-state index contributed by atoms with van der Waals surface area (Å²) in [5.74, 6) is 0. The largest absolute Gasteiger partial charge is 0.345 e. The third kappa shape index (κ3) is 5.49. The highest BCUT2D eigenvalue weighted by atomic mass is 16.2. The molecule has 146 valence electrons. The lowest BCUT2D eigenvalue weighted by Crippen LogP contribution is -2.35. The van der Waals surface area contributed by atoms with Crippen LogP contribution in [0.4, 0.5) is 10.5 Å². The van der Waals surface area contributed by atoms with Crippen LogP contribution in [0.2, 0.25) is 0 Å². The van der Waals surface area contributed by atoms with E-state index in [1.54, 1.807) is 0 Å². The lowest BCUT2D eigenvalue weighted by molar-refractivity contribution is 0.207. The molecule has 0 unspecified atom stereocenters. The minimum atomic E-state index is -0.0528. The molecule has 0 aliphatic heterocycles. The number of aryl methyl sites for hydroxylation is 1. The van der Waals surface area contributed by atoms with E-state index in [0.717, 1.165) is 37.3 Å². The normalized spacial score (nSPS) is 10.6. The lowest BCUT2D eigenvalue weighted by atomic mass is 10.1. The Morgan fingerprint density at radius 1 is 1.04 bits per heavy atom.